The van der Waals surface area contributed by atoms with Gasteiger partial charge in [-0.2, -0.15) is 0 Å². The number of thiophene rings is 1. The lowest BCUT2D eigenvalue weighted by molar-refractivity contribution is -0.377. The highest BCUT2D eigenvalue weighted by Gasteiger charge is 2.32. The van der Waals surface area contributed by atoms with E-state index in [-0.39, 0.29) is 23.3 Å². The summed E-state index contributed by atoms with van der Waals surface area (Å²) < 4.78 is 22.9. The van der Waals surface area contributed by atoms with Gasteiger partial charge in [-0.25, -0.2) is 14.6 Å². The lowest BCUT2D eigenvalue weighted by atomic mass is 9.81. The number of methoxy groups -OCH3 is 2. The zero-order valence-electron chi connectivity index (χ0n) is 28.5. The normalized spacial score (nSPS) is 15.3. The van der Waals surface area contributed by atoms with Crippen molar-refractivity contribution in [3.8, 4) is 11.5 Å². The first kappa shape index (κ1) is 39.1. The van der Waals surface area contributed by atoms with Gasteiger partial charge in [-0.05, 0) is 68.4 Å². The second-order valence-corrected chi connectivity index (χ2v) is 14.5. The fourth-order valence-electron chi connectivity index (χ4n) is 5.72. The molecular weight excluding hydrogens is 701 g/mol. The number of carbonyl (C=O) groups excluding carboxylic acids is 2. The Labute approximate surface area is 306 Å². The van der Waals surface area contributed by atoms with E-state index in [1.165, 1.54) is 11.3 Å². The Hall–Kier alpha value is -3.71. The molecule has 0 amide bonds. The number of hydrogen-bond donors (Lipinski definition) is 1. The van der Waals surface area contributed by atoms with Gasteiger partial charge in [0, 0.05) is 28.8 Å². The highest BCUT2D eigenvalue weighted by Crippen LogP contribution is 2.36. The number of aromatic amines is 1. The Morgan fingerprint density at radius 1 is 0.960 bits per heavy atom. The summed E-state index contributed by atoms with van der Waals surface area (Å²) in [5, 5.41) is 4.21. The zero-order valence-corrected chi connectivity index (χ0v) is 30.9. The summed E-state index contributed by atoms with van der Waals surface area (Å²) in [6, 6.07) is 17.8. The van der Waals surface area contributed by atoms with Crippen LogP contribution in [0.1, 0.15) is 63.2 Å². The number of carbonyl (C=O) groups is 2. The van der Waals surface area contributed by atoms with Crippen LogP contribution in [0.2, 0.25) is 10.0 Å². The topological polar surface area (TPSA) is 130 Å². The monoisotopic (exact) mass is 743 g/mol. The summed E-state index contributed by atoms with van der Waals surface area (Å²) in [6.07, 6.45) is 4.70. The predicted octanol–water partition coefficient (Wildman–Crippen LogP) is 6.96. The van der Waals surface area contributed by atoms with E-state index in [2.05, 4.69) is 29.2 Å². The van der Waals surface area contributed by atoms with Gasteiger partial charge in [0.05, 0.1) is 20.8 Å². The molecule has 50 heavy (non-hydrogen) atoms. The predicted molar refractivity (Wildman–Crippen MR) is 192 cm³/mol. The molecule has 2 aromatic heterocycles. The number of H-pyrrole nitrogens is 1. The molecule has 2 atom stereocenters. The van der Waals surface area contributed by atoms with Crippen molar-refractivity contribution >= 4 is 46.5 Å². The fourth-order valence-corrected chi connectivity index (χ4v) is 7.10. The van der Waals surface area contributed by atoms with Crippen molar-refractivity contribution in [2.45, 2.75) is 44.9 Å². The molecule has 0 aliphatic carbocycles. The number of rotatable bonds is 14. The van der Waals surface area contributed by atoms with Crippen LogP contribution in [-0.2, 0) is 27.2 Å². The van der Waals surface area contributed by atoms with Crippen LogP contribution in [0.4, 0.5) is 0 Å². The molecule has 1 aliphatic heterocycles. The molecule has 1 aliphatic rings. The molecule has 4 aromatic rings. The number of likely N-dealkylation sites (tertiary alicyclic amines) is 1. The van der Waals surface area contributed by atoms with E-state index >= 15 is 0 Å². The molecular formula is C37H43Cl2N3O7S. The van der Waals surface area contributed by atoms with Gasteiger partial charge >= 0.3 is 11.9 Å². The molecule has 0 saturated carbocycles. The average Bonchev–Trinajstić information content (AvgIpc) is 3.59. The van der Waals surface area contributed by atoms with Crippen molar-refractivity contribution in [2.24, 2.45) is 5.41 Å². The highest BCUT2D eigenvalue weighted by molar-refractivity contribution is 7.13. The van der Waals surface area contributed by atoms with Crippen LogP contribution >= 0.6 is 34.5 Å². The van der Waals surface area contributed by atoms with Crippen LogP contribution in [-0.4, -0.2) is 63.3 Å². The zero-order chi connectivity index (χ0) is 35.0. The summed E-state index contributed by atoms with van der Waals surface area (Å²) >= 11 is 14.3. The number of pyridine rings is 1. The van der Waals surface area contributed by atoms with Crippen molar-refractivity contribution in [1.82, 2.24) is 10.2 Å². The molecule has 1 saturated heterocycles. The minimum absolute atomic E-state index is 0. The lowest BCUT2D eigenvalue weighted by Crippen LogP contribution is -2.40. The Morgan fingerprint density at radius 3 is 2.30 bits per heavy atom. The van der Waals surface area contributed by atoms with E-state index in [1.54, 1.807) is 44.8 Å². The number of aromatic nitrogens is 1. The summed E-state index contributed by atoms with van der Waals surface area (Å²) in [5.41, 5.74) is 2.08. The number of hydrogen-bond acceptors (Lipinski definition) is 10. The second kappa shape index (κ2) is 18.0. The largest absolute Gasteiger partial charge is 0.870 e. The number of esters is 2. The third kappa shape index (κ3) is 9.96. The van der Waals surface area contributed by atoms with Gasteiger partial charge in [-0.3, -0.25) is 5.32 Å². The van der Waals surface area contributed by atoms with Crippen molar-refractivity contribution in [2.75, 3.05) is 41.0 Å². The van der Waals surface area contributed by atoms with Crippen LogP contribution < -0.4 is 19.8 Å². The van der Waals surface area contributed by atoms with E-state index in [4.69, 9.17) is 42.1 Å². The minimum Gasteiger partial charge on any atom is -0.870 e. The number of nitrogens with one attached hydrogen (secondary N) is 2. The molecule has 268 valence electrons. The molecule has 0 radical (unpaired) electrons. The smallest absolute Gasteiger partial charge is 0.348 e. The Kier molecular flexibility index (Phi) is 14.1. The molecule has 1 unspecified atom stereocenters. The third-order valence-corrected chi connectivity index (χ3v) is 10.6. The van der Waals surface area contributed by atoms with E-state index in [9.17, 15) is 9.59 Å². The van der Waals surface area contributed by atoms with Crippen molar-refractivity contribution < 1.29 is 39.0 Å². The quantitative estimate of drug-likeness (QED) is 0.136. The molecule has 0 bridgehead atoms. The molecule has 5 rings (SSSR count). The maximum atomic E-state index is 13.6. The van der Waals surface area contributed by atoms with Gasteiger partial charge in [0.2, 0.25) is 0 Å². The maximum absolute atomic E-state index is 13.6. The number of benzene rings is 2. The van der Waals surface area contributed by atoms with Gasteiger partial charge in [0.1, 0.15) is 27.1 Å². The third-order valence-electron chi connectivity index (χ3n) is 8.88. The van der Waals surface area contributed by atoms with E-state index in [0.717, 1.165) is 36.4 Å². The Bertz CT molecular complexity index is 1710. The molecule has 13 heteroatoms. The number of ether oxygens (including phenoxy) is 4. The van der Waals surface area contributed by atoms with Gasteiger partial charge < -0.3 is 29.3 Å². The fraction of sp³-hybridized carbons (Fsp3) is 0.378. The van der Waals surface area contributed by atoms with Crippen LogP contribution in [0.3, 0.4) is 0 Å². The second-order valence-electron chi connectivity index (χ2n) is 12.6. The maximum Gasteiger partial charge on any atom is 0.348 e. The summed E-state index contributed by atoms with van der Waals surface area (Å²) in [7, 11) is 5.21. The Balaban J connectivity index is 0.00000562. The van der Waals surface area contributed by atoms with Crippen molar-refractivity contribution in [1.29, 1.82) is 0 Å². The van der Waals surface area contributed by atoms with Gasteiger partial charge in [0.15, 0.2) is 23.9 Å². The Morgan fingerprint density at radius 2 is 1.64 bits per heavy atom. The minimum atomic E-state index is -0.739. The van der Waals surface area contributed by atoms with Crippen molar-refractivity contribution in [3.05, 3.63) is 110 Å². The van der Waals surface area contributed by atoms with E-state index in [1.807, 2.05) is 42.5 Å². The molecule has 0 spiro atoms. The molecule has 2 aromatic carbocycles. The van der Waals surface area contributed by atoms with Gasteiger partial charge in [-0.15, -0.1) is 11.3 Å². The lowest BCUT2D eigenvalue weighted by Gasteiger charge is -2.37. The first-order valence-electron chi connectivity index (χ1n) is 16.1. The number of halogens is 2. The summed E-state index contributed by atoms with van der Waals surface area (Å²) in [4.78, 5) is 33.5. The van der Waals surface area contributed by atoms with Crippen LogP contribution in [0.15, 0.2) is 73.1 Å². The number of nitrogens with zero attached hydrogens (tertiary/aromatic N) is 1. The van der Waals surface area contributed by atoms with E-state index < -0.39 is 18.1 Å². The first-order valence-corrected chi connectivity index (χ1v) is 17.7. The van der Waals surface area contributed by atoms with Crippen LogP contribution in [0.25, 0.3) is 0 Å². The SMILES string of the molecule is COc1ccc([C@H](Cc2c(Cl)c[nH+]cc2Cl)OC(=O)c2ccc(CNC(C(=O)OCC3(C)CCN(C)CC3)c3ccccc3)s2)cc1OC.[OH-]. The molecule has 1 fully saturated rings. The van der Waals surface area contributed by atoms with E-state index in [0.29, 0.717) is 50.7 Å². The summed E-state index contributed by atoms with van der Waals surface area (Å²) in [6.45, 7) is 4.87. The average molecular weight is 745 g/mol. The molecule has 3 heterocycles. The van der Waals surface area contributed by atoms with Crippen LogP contribution in [0, 0.1) is 5.41 Å². The van der Waals surface area contributed by atoms with Gasteiger partial charge in [-0.1, -0.05) is 66.5 Å². The standard InChI is InChI=1S/C37H41Cl2N3O6S.H2O/c1-37(14-16-42(2)17-15-37)23-47-36(44)34(24-8-6-5-7-9-24)41-20-26-11-13-33(49-26)35(43)48-31(19-27-28(38)21-40-22-29(27)39)25-10-12-30(45-3)32(18-25)46-4;/h5-13,18,21-22,31,34,41H,14-17,19-20,23H2,1-4H3;1H2/t31-,34?;/m0./s1. The summed E-state index contributed by atoms with van der Waals surface area (Å²) in [5.74, 6) is 0.217. The molecule has 10 nitrogen and oxygen atoms in total. The van der Waals surface area contributed by atoms with Crippen LogP contribution in [0.5, 0.6) is 11.5 Å². The van der Waals surface area contributed by atoms with Gasteiger partial charge in [0.25, 0.3) is 0 Å². The number of piperidine rings is 1. The highest BCUT2D eigenvalue weighted by atomic mass is 35.5. The molecule has 3 N–H and O–H groups in total. The van der Waals surface area contributed by atoms with Crippen molar-refractivity contribution in [3.63, 3.8) is 0 Å². The first-order chi connectivity index (χ1) is 23.6.